The van der Waals surface area contributed by atoms with Crippen LogP contribution in [0.2, 0.25) is 0 Å². The van der Waals surface area contributed by atoms with Gasteiger partial charge in [0.2, 0.25) is 0 Å². The first-order valence-corrected chi connectivity index (χ1v) is 7.74. The third-order valence-corrected chi connectivity index (χ3v) is 3.73. The van der Waals surface area contributed by atoms with E-state index < -0.39 is 11.8 Å². The van der Waals surface area contributed by atoms with Crippen LogP contribution >= 0.6 is 11.8 Å². The van der Waals surface area contributed by atoms with Crippen molar-refractivity contribution in [3.05, 3.63) is 60.2 Å². The van der Waals surface area contributed by atoms with Crippen molar-refractivity contribution in [1.82, 2.24) is 5.32 Å². The van der Waals surface area contributed by atoms with E-state index in [9.17, 15) is 9.59 Å². The molecule has 0 radical (unpaired) electrons. The number of anilines is 1. The standard InChI is InChI=1S/C17H15N3O2S/c1-12(13-5-3-2-4-6-13)19-16(21)17(22)20-14-7-9-15(10-8-14)23-11-18/h2-10,12H,1H3,(H,19,21)(H,20,22). The molecule has 0 saturated heterocycles. The van der Waals surface area contributed by atoms with Crippen molar-refractivity contribution in [1.29, 1.82) is 5.26 Å². The average Bonchev–Trinajstić information content (AvgIpc) is 2.57. The molecule has 2 rings (SSSR count). The highest BCUT2D eigenvalue weighted by molar-refractivity contribution is 8.03. The van der Waals surface area contributed by atoms with Gasteiger partial charge in [0.05, 0.1) is 6.04 Å². The fourth-order valence-corrected chi connectivity index (χ4v) is 2.31. The van der Waals surface area contributed by atoms with Gasteiger partial charge in [-0.25, -0.2) is 0 Å². The molecule has 1 atom stereocenters. The van der Waals surface area contributed by atoms with Gasteiger partial charge in [-0.3, -0.25) is 9.59 Å². The van der Waals surface area contributed by atoms with Crippen LogP contribution in [-0.2, 0) is 9.59 Å². The summed E-state index contributed by atoms with van der Waals surface area (Å²) in [6.45, 7) is 1.81. The van der Waals surface area contributed by atoms with Gasteiger partial charge >= 0.3 is 11.8 Å². The summed E-state index contributed by atoms with van der Waals surface area (Å²) in [6, 6.07) is 15.8. The van der Waals surface area contributed by atoms with E-state index in [1.165, 1.54) is 0 Å². The first-order valence-electron chi connectivity index (χ1n) is 6.93. The van der Waals surface area contributed by atoms with Crippen LogP contribution in [0.25, 0.3) is 0 Å². The highest BCUT2D eigenvalue weighted by Crippen LogP contribution is 2.19. The normalized spacial score (nSPS) is 11.1. The zero-order valence-corrected chi connectivity index (χ0v) is 13.3. The van der Waals surface area contributed by atoms with Gasteiger partial charge in [-0.15, -0.1) is 0 Å². The number of hydrogen-bond donors (Lipinski definition) is 2. The first-order chi connectivity index (χ1) is 11.1. The smallest absolute Gasteiger partial charge is 0.313 e. The molecule has 23 heavy (non-hydrogen) atoms. The Bertz CT molecular complexity index is 724. The van der Waals surface area contributed by atoms with Gasteiger partial charge in [0.15, 0.2) is 0 Å². The number of benzene rings is 2. The van der Waals surface area contributed by atoms with E-state index >= 15 is 0 Å². The minimum Gasteiger partial charge on any atom is -0.341 e. The maximum Gasteiger partial charge on any atom is 0.313 e. The molecule has 0 aliphatic carbocycles. The first kappa shape index (κ1) is 16.6. The van der Waals surface area contributed by atoms with Crippen molar-refractivity contribution < 1.29 is 9.59 Å². The molecule has 0 bridgehead atoms. The van der Waals surface area contributed by atoms with E-state index in [2.05, 4.69) is 10.6 Å². The molecule has 2 amide bonds. The molecule has 0 aromatic heterocycles. The number of rotatable bonds is 4. The van der Waals surface area contributed by atoms with E-state index in [1.54, 1.807) is 24.3 Å². The molecular weight excluding hydrogens is 310 g/mol. The summed E-state index contributed by atoms with van der Waals surface area (Å²) in [5.74, 6) is -1.43. The number of hydrogen-bond acceptors (Lipinski definition) is 4. The zero-order chi connectivity index (χ0) is 16.7. The third-order valence-electron chi connectivity index (χ3n) is 3.13. The molecule has 2 aromatic rings. The molecule has 0 aliphatic rings. The lowest BCUT2D eigenvalue weighted by Crippen LogP contribution is -2.36. The van der Waals surface area contributed by atoms with Gasteiger partial charge in [-0.2, -0.15) is 5.26 Å². The fourth-order valence-electron chi connectivity index (χ4n) is 1.93. The Morgan fingerprint density at radius 2 is 1.70 bits per heavy atom. The van der Waals surface area contributed by atoms with Gasteiger partial charge in [0.25, 0.3) is 0 Å². The number of nitrogens with zero attached hydrogens (tertiary/aromatic N) is 1. The lowest BCUT2D eigenvalue weighted by Gasteiger charge is -2.14. The highest BCUT2D eigenvalue weighted by atomic mass is 32.2. The number of amides is 2. The van der Waals surface area contributed by atoms with Crippen LogP contribution in [0.15, 0.2) is 59.5 Å². The number of thioether (sulfide) groups is 1. The fraction of sp³-hybridized carbons (Fsp3) is 0.118. The highest BCUT2D eigenvalue weighted by Gasteiger charge is 2.17. The quantitative estimate of drug-likeness (QED) is 0.514. The SMILES string of the molecule is CC(NC(=O)C(=O)Nc1ccc(SC#N)cc1)c1ccccc1. The van der Waals surface area contributed by atoms with Crippen LogP contribution in [0.1, 0.15) is 18.5 Å². The minimum absolute atomic E-state index is 0.260. The molecule has 0 saturated carbocycles. The Kier molecular flexibility index (Phi) is 5.78. The van der Waals surface area contributed by atoms with E-state index in [0.717, 1.165) is 22.2 Å². The maximum atomic E-state index is 11.9. The molecule has 2 aromatic carbocycles. The summed E-state index contributed by atoms with van der Waals surface area (Å²) in [5.41, 5.74) is 1.42. The van der Waals surface area contributed by atoms with Crippen molar-refractivity contribution in [3.63, 3.8) is 0 Å². The molecule has 6 heteroatoms. The third kappa shape index (κ3) is 4.87. The van der Waals surface area contributed by atoms with Gasteiger partial charge < -0.3 is 10.6 Å². The zero-order valence-electron chi connectivity index (χ0n) is 12.4. The summed E-state index contributed by atoms with van der Waals surface area (Å²) >= 11 is 1.03. The number of thiocyanates is 1. The van der Waals surface area contributed by atoms with Crippen LogP contribution in [-0.4, -0.2) is 11.8 Å². The Morgan fingerprint density at radius 3 is 2.30 bits per heavy atom. The molecule has 5 nitrogen and oxygen atoms in total. The summed E-state index contributed by atoms with van der Waals surface area (Å²) in [4.78, 5) is 24.6. The second-order valence-electron chi connectivity index (χ2n) is 4.78. The Morgan fingerprint density at radius 1 is 1.04 bits per heavy atom. The number of carbonyl (C=O) groups is 2. The van der Waals surface area contributed by atoms with Crippen molar-refractivity contribution in [3.8, 4) is 5.40 Å². The molecular formula is C17H15N3O2S. The average molecular weight is 325 g/mol. The van der Waals surface area contributed by atoms with Crippen LogP contribution in [0, 0.1) is 10.7 Å². The minimum atomic E-state index is -0.728. The largest absolute Gasteiger partial charge is 0.341 e. The van der Waals surface area contributed by atoms with Crippen molar-refractivity contribution in [2.24, 2.45) is 0 Å². The van der Waals surface area contributed by atoms with E-state index in [4.69, 9.17) is 5.26 Å². The summed E-state index contributed by atoms with van der Waals surface area (Å²) < 4.78 is 0. The predicted molar refractivity (Wildman–Crippen MR) is 89.5 cm³/mol. The van der Waals surface area contributed by atoms with Crippen molar-refractivity contribution in [2.75, 3.05) is 5.32 Å². The van der Waals surface area contributed by atoms with Crippen LogP contribution in [0.3, 0.4) is 0 Å². The van der Waals surface area contributed by atoms with Crippen molar-refractivity contribution in [2.45, 2.75) is 17.9 Å². The van der Waals surface area contributed by atoms with Gasteiger partial charge in [-0.05, 0) is 48.5 Å². The second-order valence-corrected chi connectivity index (χ2v) is 5.64. The number of nitriles is 1. The maximum absolute atomic E-state index is 11.9. The lowest BCUT2D eigenvalue weighted by atomic mass is 10.1. The van der Waals surface area contributed by atoms with Crippen LogP contribution in [0.5, 0.6) is 0 Å². The molecule has 116 valence electrons. The molecule has 2 N–H and O–H groups in total. The Labute approximate surface area is 138 Å². The molecule has 0 aliphatic heterocycles. The van der Waals surface area contributed by atoms with Crippen molar-refractivity contribution >= 4 is 29.3 Å². The monoisotopic (exact) mass is 325 g/mol. The summed E-state index contributed by atoms with van der Waals surface area (Å²) in [5, 5.41) is 15.7. The summed E-state index contributed by atoms with van der Waals surface area (Å²) in [6.07, 6.45) is 0. The van der Waals surface area contributed by atoms with Gasteiger partial charge in [-0.1, -0.05) is 30.3 Å². The van der Waals surface area contributed by atoms with Crippen LogP contribution in [0.4, 0.5) is 5.69 Å². The lowest BCUT2D eigenvalue weighted by molar-refractivity contribution is -0.136. The molecule has 0 heterocycles. The Hall–Kier alpha value is -2.78. The van der Waals surface area contributed by atoms with E-state index in [0.29, 0.717) is 5.69 Å². The molecule has 1 unspecified atom stereocenters. The molecule has 0 fully saturated rings. The molecule has 0 spiro atoms. The predicted octanol–water partition coefficient (Wildman–Crippen LogP) is 3.08. The van der Waals surface area contributed by atoms with E-state index in [-0.39, 0.29) is 6.04 Å². The van der Waals surface area contributed by atoms with Gasteiger partial charge in [0.1, 0.15) is 5.40 Å². The van der Waals surface area contributed by atoms with Crippen LogP contribution < -0.4 is 10.6 Å². The van der Waals surface area contributed by atoms with Gasteiger partial charge in [0, 0.05) is 10.6 Å². The Balaban J connectivity index is 1.92. The summed E-state index contributed by atoms with van der Waals surface area (Å²) in [7, 11) is 0. The number of carbonyl (C=O) groups excluding carboxylic acids is 2. The van der Waals surface area contributed by atoms with E-state index in [1.807, 2.05) is 42.7 Å². The number of nitrogens with one attached hydrogen (secondary N) is 2. The second kappa shape index (κ2) is 8.01. The topological polar surface area (TPSA) is 82.0 Å².